The molecule has 0 aliphatic rings. The highest BCUT2D eigenvalue weighted by atomic mass is 32.2. The first-order chi connectivity index (χ1) is 8.15. The fourth-order valence-electron chi connectivity index (χ4n) is 1.15. The maximum absolute atomic E-state index is 10.8. The van der Waals surface area contributed by atoms with Crippen molar-refractivity contribution in [1.29, 1.82) is 0 Å². The molecule has 88 valence electrons. The van der Waals surface area contributed by atoms with Gasteiger partial charge >= 0.3 is 5.97 Å². The summed E-state index contributed by atoms with van der Waals surface area (Å²) in [4.78, 5) is 14.8. The number of aromatic carboxylic acids is 1. The van der Waals surface area contributed by atoms with Gasteiger partial charge < -0.3 is 9.52 Å². The van der Waals surface area contributed by atoms with Gasteiger partial charge in [-0.15, -0.1) is 10.2 Å². The summed E-state index contributed by atoms with van der Waals surface area (Å²) in [6.45, 7) is 1.71. The molecule has 0 aromatic carbocycles. The van der Waals surface area contributed by atoms with Crippen LogP contribution in [-0.4, -0.2) is 26.3 Å². The molecular weight excluding hydrogens is 242 g/mol. The third-order valence-corrected chi connectivity index (χ3v) is 2.80. The average molecular weight is 251 g/mol. The molecule has 0 spiro atoms. The number of thioether (sulfide) groups is 1. The molecule has 0 aliphatic carbocycles. The molecule has 0 saturated carbocycles. The second-order valence-electron chi connectivity index (χ2n) is 3.19. The fraction of sp³-hybridized carbons (Fsp3) is 0.200. The monoisotopic (exact) mass is 251 g/mol. The van der Waals surface area contributed by atoms with Gasteiger partial charge in [-0.3, -0.25) is 0 Å². The van der Waals surface area contributed by atoms with Crippen LogP contribution in [0.1, 0.15) is 22.1 Å². The minimum Gasteiger partial charge on any atom is -0.478 e. The van der Waals surface area contributed by atoms with Gasteiger partial charge in [0.05, 0.1) is 16.3 Å². The zero-order valence-corrected chi connectivity index (χ0v) is 9.77. The number of rotatable bonds is 4. The second-order valence-corrected chi connectivity index (χ2v) is 4.19. The number of hydrogen-bond acceptors (Lipinski definition) is 6. The van der Waals surface area contributed by atoms with Crippen molar-refractivity contribution in [3.05, 3.63) is 35.7 Å². The lowest BCUT2D eigenvalue weighted by atomic mass is 10.3. The first-order valence-electron chi connectivity index (χ1n) is 4.76. The van der Waals surface area contributed by atoms with E-state index in [1.165, 1.54) is 30.1 Å². The second kappa shape index (κ2) is 4.96. The third-order valence-electron chi connectivity index (χ3n) is 1.89. The summed E-state index contributed by atoms with van der Waals surface area (Å²) >= 11 is 1.35. The summed E-state index contributed by atoms with van der Waals surface area (Å²) in [5, 5.41) is 17.0. The Kier molecular flexibility index (Phi) is 3.38. The molecule has 2 aromatic heterocycles. The third kappa shape index (κ3) is 3.04. The molecule has 0 unspecified atom stereocenters. The zero-order chi connectivity index (χ0) is 12.3. The molecule has 0 bridgehead atoms. The van der Waals surface area contributed by atoms with E-state index in [1.54, 1.807) is 6.92 Å². The minimum absolute atomic E-state index is 0.212. The summed E-state index contributed by atoms with van der Waals surface area (Å²) in [5.74, 6) is 0.502. The van der Waals surface area contributed by atoms with E-state index < -0.39 is 5.97 Å². The van der Waals surface area contributed by atoms with Crippen LogP contribution in [0.5, 0.6) is 0 Å². The van der Waals surface area contributed by atoms with Crippen LogP contribution in [0.2, 0.25) is 0 Å². The highest BCUT2D eigenvalue weighted by Gasteiger charge is 2.07. The van der Waals surface area contributed by atoms with Crippen LogP contribution in [0.4, 0.5) is 0 Å². The van der Waals surface area contributed by atoms with Gasteiger partial charge in [-0.25, -0.2) is 9.78 Å². The highest BCUT2D eigenvalue weighted by Crippen LogP contribution is 2.20. The lowest BCUT2D eigenvalue weighted by molar-refractivity contribution is 0.0696. The maximum atomic E-state index is 10.8. The molecule has 0 saturated heterocycles. The number of pyridine rings is 1. The Morgan fingerprint density at radius 1 is 1.53 bits per heavy atom. The molecule has 7 heteroatoms. The van der Waals surface area contributed by atoms with Gasteiger partial charge in [0.2, 0.25) is 11.8 Å². The number of aromatic nitrogens is 3. The minimum atomic E-state index is -0.970. The SMILES string of the molecule is Cc1nnc(CSc2cc(C(=O)O)ccn2)o1. The molecule has 1 N–H and O–H groups in total. The van der Waals surface area contributed by atoms with Gasteiger partial charge in [-0.05, 0) is 12.1 Å². The number of carbonyl (C=O) groups is 1. The van der Waals surface area contributed by atoms with Crippen LogP contribution < -0.4 is 0 Å². The van der Waals surface area contributed by atoms with E-state index >= 15 is 0 Å². The van der Waals surface area contributed by atoms with E-state index in [2.05, 4.69) is 15.2 Å². The molecule has 0 amide bonds. The van der Waals surface area contributed by atoms with Crippen LogP contribution in [0.25, 0.3) is 0 Å². The first kappa shape index (κ1) is 11.6. The first-order valence-corrected chi connectivity index (χ1v) is 5.75. The van der Waals surface area contributed by atoms with E-state index in [1.807, 2.05) is 0 Å². The summed E-state index contributed by atoms with van der Waals surface area (Å²) < 4.78 is 5.20. The molecule has 2 heterocycles. The van der Waals surface area contributed by atoms with Crippen molar-refractivity contribution in [2.75, 3.05) is 0 Å². The lowest BCUT2D eigenvalue weighted by Gasteiger charge is -1.99. The van der Waals surface area contributed by atoms with Gasteiger partial charge in [0.25, 0.3) is 0 Å². The number of carboxylic acid groups (broad SMARTS) is 1. The van der Waals surface area contributed by atoms with E-state index in [-0.39, 0.29) is 5.56 Å². The van der Waals surface area contributed by atoms with Gasteiger partial charge in [0, 0.05) is 13.1 Å². The van der Waals surface area contributed by atoms with Crippen molar-refractivity contribution in [3.8, 4) is 0 Å². The van der Waals surface area contributed by atoms with Crippen molar-refractivity contribution < 1.29 is 14.3 Å². The van der Waals surface area contributed by atoms with Crippen LogP contribution in [-0.2, 0) is 5.75 Å². The molecule has 0 radical (unpaired) electrons. The largest absolute Gasteiger partial charge is 0.478 e. The van der Waals surface area contributed by atoms with Crippen molar-refractivity contribution >= 4 is 17.7 Å². The van der Waals surface area contributed by atoms with Crippen LogP contribution in [0.3, 0.4) is 0 Å². The number of nitrogens with zero attached hydrogens (tertiary/aromatic N) is 3. The molecule has 0 aliphatic heterocycles. The van der Waals surface area contributed by atoms with E-state index in [0.717, 1.165) is 0 Å². The van der Waals surface area contributed by atoms with E-state index in [0.29, 0.717) is 22.6 Å². The Balaban J connectivity index is 2.04. The van der Waals surface area contributed by atoms with Crippen LogP contribution in [0, 0.1) is 6.92 Å². The Hall–Kier alpha value is -1.89. The fourth-order valence-corrected chi connectivity index (χ4v) is 1.89. The predicted octanol–water partition coefficient (Wildman–Crippen LogP) is 1.76. The average Bonchev–Trinajstić information content (AvgIpc) is 2.73. The Morgan fingerprint density at radius 3 is 3.00 bits per heavy atom. The quantitative estimate of drug-likeness (QED) is 0.828. The number of hydrogen-bond donors (Lipinski definition) is 1. The van der Waals surface area contributed by atoms with Crippen molar-refractivity contribution in [2.24, 2.45) is 0 Å². The van der Waals surface area contributed by atoms with Crippen molar-refractivity contribution in [3.63, 3.8) is 0 Å². The highest BCUT2D eigenvalue weighted by molar-refractivity contribution is 7.98. The van der Waals surface area contributed by atoms with E-state index in [4.69, 9.17) is 9.52 Å². The van der Waals surface area contributed by atoms with Crippen LogP contribution >= 0.6 is 11.8 Å². The molecule has 17 heavy (non-hydrogen) atoms. The molecule has 6 nitrogen and oxygen atoms in total. The lowest BCUT2D eigenvalue weighted by Crippen LogP contribution is -1.96. The van der Waals surface area contributed by atoms with Gasteiger partial charge in [0.1, 0.15) is 0 Å². The molecule has 0 atom stereocenters. The van der Waals surface area contributed by atoms with E-state index in [9.17, 15) is 4.79 Å². The molecule has 0 fully saturated rings. The summed E-state index contributed by atoms with van der Waals surface area (Å²) in [5.41, 5.74) is 0.212. The molecular formula is C10H9N3O3S. The Labute approximate surface area is 101 Å². The Morgan fingerprint density at radius 2 is 2.35 bits per heavy atom. The van der Waals surface area contributed by atoms with Gasteiger partial charge in [0.15, 0.2) is 0 Å². The maximum Gasteiger partial charge on any atom is 0.335 e. The number of carboxylic acids is 1. The zero-order valence-electron chi connectivity index (χ0n) is 8.95. The molecule has 2 rings (SSSR count). The van der Waals surface area contributed by atoms with Crippen LogP contribution in [0.15, 0.2) is 27.8 Å². The number of aryl methyl sites for hydroxylation is 1. The van der Waals surface area contributed by atoms with Gasteiger partial charge in [-0.2, -0.15) is 0 Å². The Bertz CT molecular complexity index is 541. The normalized spacial score (nSPS) is 10.4. The standard InChI is InChI=1S/C10H9N3O3S/c1-6-12-13-8(16-6)5-17-9-4-7(10(14)15)2-3-11-9/h2-4H,5H2,1H3,(H,14,15). The summed E-state index contributed by atoms with van der Waals surface area (Å²) in [6, 6.07) is 2.96. The van der Waals surface area contributed by atoms with Crippen molar-refractivity contribution in [1.82, 2.24) is 15.2 Å². The topological polar surface area (TPSA) is 89.1 Å². The van der Waals surface area contributed by atoms with Gasteiger partial charge in [-0.1, -0.05) is 11.8 Å². The molecule has 2 aromatic rings. The summed E-state index contributed by atoms with van der Waals surface area (Å²) in [7, 11) is 0. The van der Waals surface area contributed by atoms with Crippen molar-refractivity contribution in [2.45, 2.75) is 17.7 Å². The predicted molar refractivity (Wildman–Crippen MR) is 59.8 cm³/mol. The summed E-state index contributed by atoms with van der Waals surface area (Å²) in [6.07, 6.45) is 1.46. The smallest absolute Gasteiger partial charge is 0.335 e.